The van der Waals surface area contributed by atoms with Crippen molar-refractivity contribution in [3.63, 3.8) is 0 Å². The first-order chi connectivity index (χ1) is 17.4. The molecule has 4 aromatic rings. The lowest BCUT2D eigenvalue weighted by Crippen LogP contribution is -2.29. The minimum Gasteiger partial charge on any atom is -0.493 e. The van der Waals surface area contributed by atoms with Gasteiger partial charge in [0.25, 0.3) is 5.91 Å². The number of para-hydroxylation sites is 1. The van der Waals surface area contributed by atoms with E-state index in [-0.39, 0.29) is 22.7 Å². The summed E-state index contributed by atoms with van der Waals surface area (Å²) >= 11 is 1.33. The molecule has 0 saturated heterocycles. The molecule has 1 atom stereocenters. The highest BCUT2D eigenvalue weighted by Crippen LogP contribution is 2.44. The molecule has 36 heavy (non-hydrogen) atoms. The number of carbonyl (C=O) groups excluding carboxylic acids is 1. The summed E-state index contributed by atoms with van der Waals surface area (Å²) in [4.78, 5) is 28.9. The van der Waals surface area contributed by atoms with Gasteiger partial charge in [-0.1, -0.05) is 56.7 Å². The molecule has 0 bridgehead atoms. The van der Waals surface area contributed by atoms with Crippen LogP contribution in [-0.2, 0) is 0 Å². The maximum atomic E-state index is 13.7. The lowest BCUT2D eigenvalue weighted by molar-refractivity contribution is 0.0970. The molecule has 5 rings (SSSR count). The first kappa shape index (κ1) is 24.0. The first-order valence-corrected chi connectivity index (χ1v) is 12.8. The molecule has 2 aromatic heterocycles. The number of carbonyl (C=O) groups is 1. The number of methoxy groups -OCH3 is 1. The highest BCUT2D eigenvalue weighted by atomic mass is 32.1. The van der Waals surface area contributed by atoms with Gasteiger partial charge in [0.1, 0.15) is 10.6 Å². The van der Waals surface area contributed by atoms with Crippen LogP contribution in [0.5, 0.6) is 11.5 Å². The van der Waals surface area contributed by atoms with E-state index < -0.39 is 11.9 Å². The molecule has 186 valence electrons. The average molecular weight is 506 g/mol. The van der Waals surface area contributed by atoms with Gasteiger partial charge in [-0.2, -0.15) is 0 Å². The predicted octanol–water partition coefficient (Wildman–Crippen LogP) is 5.71. The zero-order valence-electron chi connectivity index (χ0n) is 20.6. The molecule has 2 aromatic carbocycles. The Kier molecular flexibility index (Phi) is 6.49. The molecule has 0 N–H and O–H groups in total. The number of hydrogen-bond donors (Lipinski definition) is 0. The van der Waals surface area contributed by atoms with Crippen LogP contribution in [0.4, 0.5) is 5.13 Å². The largest absolute Gasteiger partial charge is 0.493 e. The van der Waals surface area contributed by atoms with E-state index in [0.29, 0.717) is 39.8 Å². The highest BCUT2D eigenvalue weighted by Gasteiger charge is 2.45. The quantitative estimate of drug-likeness (QED) is 0.283. The highest BCUT2D eigenvalue weighted by molar-refractivity contribution is 7.15. The van der Waals surface area contributed by atoms with E-state index in [2.05, 4.69) is 17.1 Å². The Morgan fingerprint density at radius 2 is 1.92 bits per heavy atom. The summed E-state index contributed by atoms with van der Waals surface area (Å²) in [7, 11) is 1.57. The van der Waals surface area contributed by atoms with Crippen LogP contribution in [0, 0.1) is 0 Å². The smallest absolute Gasteiger partial charge is 0.297 e. The van der Waals surface area contributed by atoms with Crippen molar-refractivity contribution in [2.75, 3.05) is 18.6 Å². The van der Waals surface area contributed by atoms with Crippen molar-refractivity contribution in [3.05, 3.63) is 74.6 Å². The lowest BCUT2D eigenvalue weighted by atomic mass is 9.98. The second kappa shape index (κ2) is 9.73. The van der Waals surface area contributed by atoms with E-state index in [1.807, 2.05) is 26.0 Å². The summed E-state index contributed by atoms with van der Waals surface area (Å²) < 4.78 is 17.5. The number of fused-ring (bicyclic) bond motifs is 2. The van der Waals surface area contributed by atoms with Crippen LogP contribution in [0.1, 0.15) is 72.3 Å². The molecule has 0 fully saturated rings. The number of hydrogen-bond acceptors (Lipinski definition) is 8. The van der Waals surface area contributed by atoms with Gasteiger partial charge in [-0.25, -0.2) is 0 Å². The first-order valence-electron chi connectivity index (χ1n) is 12.0. The van der Waals surface area contributed by atoms with Gasteiger partial charge in [0.05, 0.1) is 30.7 Å². The van der Waals surface area contributed by atoms with Crippen LogP contribution in [0.3, 0.4) is 0 Å². The second-order valence-electron chi connectivity index (χ2n) is 8.94. The van der Waals surface area contributed by atoms with Crippen molar-refractivity contribution < 1.29 is 18.7 Å². The molecule has 9 heteroatoms. The van der Waals surface area contributed by atoms with E-state index in [1.54, 1.807) is 37.4 Å². The molecule has 8 nitrogen and oxygen atoms in total. The molecule has 1 amide bonds. The minimum absolute atomic E-state index is 0.0206. The zero-order chi connectivity index (χ0) is 25.4. The van der Waals surface area contributed by atoms with Crippen LogP contribution >= 0.6 is 11.3 Å². The van der Waals surface area contributed by atoms with Gasteiger partial charge in [-0.3, -0.25) is 14.5 Å². The van der Waals surface area contributed by atoms with Crippen molar-refractivity contribution >= 4 is 33.3 Å². The van der Waals surface area contributed by atoms with Crippen LogP contribution in [0.15, 0.2) is 51.7 Å². The van der Waals surface area contributed by atoms with Gasteiger partial charge in [-0.05, 0) is 36.2 Å². The van der Waals surface area contributed by atoms with Crippen molar-refractivity contribution in [1.29, 1.82) is 0 Å². The fourth-order valence-electron chi connectivity index (χ4n) is 4.29. The number of benzene rings is 2. The summed E-state index contributed by atoms with van der Waals surface area (Å²) in [6.07, 6.45) is 1.94. The Morgan fingerprint density at radius 1 is 1.11 bits per heavy atom. The summed E-state index contributed by atoms with van der Waals surface area (Å²) in [5.74, 6) is 0.875. The summed E-state index contributed by atoms with van der Waals surface area (Å²) in [5, 5.41) is 10.2. The summed E-state index contributed by atoms with van der Waals surface area (Å²) in [6.45, 7) is 6.70. The van der Waals surface area contributed by atoms with Gasteiger partial charge < -0.3 is 13.9 Å². The molecular weight excluding hydrogens is 478 g/mol. The maximum Gasteiger partial charge on any atom is 0.297 e. The lowest BCUT2D eigenvalue weighted by Gasteiger charge is -2.23. The van der Waals surface area contributed by atoms with E-state index in [4.69, 9.17) is 13.9 Å². The van der Waals surface area contributed by atoms with Gasteiger partial charge >= 0.3 is 0 Å². The zero-order valence-corrected chi connectivity index (χ0v) is 21.4. The molecule has 0 saturated carbocycles. The SMILES string of the molecule is CCCCOc1ccc([C@@H]2c3c(oc4ccccc4c3=O)C(=O)N2c2nnc(C(C)C)s2)cc1OC. The molecule has 0 spiro atoms. The average Bonchev–Trinajstić information content (AvgIpc) is 3.48. The van der Waals surface area contributed by atoms with Crippen LogP contribution in [-0.4, -0.2) is 29.8 Å². The fourth-order valence-corrected chi connectivity index (χ4v) is 5.16. The second-order valence-corrected chi connectivity index (χ2v) is 9.93. The van der Waals surface area contributed by atoms with Crippen LogP contribution in [0.25, 0.3) is 11.0 Å². The van der Waals surface area contributed by atoms with E-state index in [9.17, 15) is 9.59 Å². The molecule has 1 aliphatic rings. The molecule has 0 aliphatic carbocycles. The monoisotopic (exact) mass is 505 g/mol. The molecular formula is C27H27N3O5S. The number of rotatable bonds is 8. The number of unbranched alkanes of at least 4 members (excludes halogenated alkanes) is 1. The molecule has 0 radical (unpaired) electrons. The van der Waals surface area contributed by atoms with Crippen LogP contribution in [0.2, 0.25) is 0 Å². The Bertz CT molecular complexity index is 1490. The topological polar surface area (TPSA) is 94.8 Å². The van der Waals surface area contributed by atoms with Gasteiger partial charge in [-0.15, -0.1) is 10.2 Å². The van der Waals surface area contributed by atoms with Crippen molar-refractivity contribution in [3.8, 4) is 11.5 Å². The Balaban J connectivity index is 1.69. The van der Waals surface area contributed by atoms with Crippen LogP contribution < -0.4 is 19.8 Å². The fraction of sp³-hybridized carbons (Fsp3) is 0.333. The minimum atomic E-state index is -0.750. The third kappa shape index (κ3) is 4.03. The Labute approximate surface area is 212 Å². The van der Waals surface area contributed by atoms with Crippen molar-refractivity contribution in [2.24, 2.45) is 0 Å². The van der Waals surface area contributed by atoms with Crippen molar-refractivity contribution in [2.45, 2.75) is 45.6 Å². The third-order valence-electron chi connectivity index (χ3n) is 6.17. The molecule has 0 unspecified atom stereocenters. The third-order valence-corrected chi connectivity index (χ3v) is 7.39. The number of nitrogens with zero attached hydrogens (tertiary/aromatic N) is 3. The Hall–Kier alpha value is -3.72. The normalized spacial score (nSPS) is 15.1. The van der Waals surface area contributed by atoms with Gasteiger partial charge in [0.15, 0.2) is 16.9 Å². The van der Waals surface area contributed by atoms with Gasteiger partial charge in [0, 0.05) is 5.92 Å². The van der Waals surface area contributed by atoms with E-state index in [0.717, 1.165) is 17.8 Å². The number of amides is 1. The maximum absolute atomic E-state index is 13.7. The number of aromatic nitrogens is 2. The van der Waals surface area contributed by atoms with Crippen molar-refractivity contribution in [1.82, 2.24) is 10.2 Å². The predicted molar refractivity (Wildman–Crippen MR) is 139 cm³/mol. The number of ether oxygens (including phenoxy) is 2. The number of anilines is 1. The summed E-state index contributed by atoms with van der Waals surface area (Å²) in [5.41, 5.74) is 1.09. The standard InChI is InChI=1S/C27H27N3O5S/c1-5-6-13-34-19-12-11-16(14-20(19)33-4)22-21-23(31)17-9-7-8-10-18(17)35-24(21)26(32)30(22)27-29-28-25(36-27)15(2)3/h7-12,14-15,22H,5-6,13H2,1-4H3/t22-/m1/s1. The van der Waals surface area contributed by atoms with Gasteiger partial charge in [0.2, 0.25) is 10.9 Å². The molecule has 3 heterocycles. The van der Waals surface area contributed by atoms with E-state index in [1.165, 1.54) is 16.2 Å². The van der Waals surface area contributed by atoms with E-state index >= 15 is 0 Å². The Morgan fingerprint density at radius 3 is 2.64 bits per heavy atom. The molecule has 1 aliphatic heterocycles. The summed E-state index contributed by atoms with van der Waals surface area (Å²) in [6, 6.07) is 11.7.